The van der Waals surface area contributed by atoms with Gasteiger partial charge in [-0.05, 0) is 153 Å². The minimum atomic E-state index is -4.04. The second kappa shape index (κ2) is 24.3. The number of nitrogens with zero attached hydrogens (tertiary/aromatic N) is 7. The Morgan fingerprint density at radius 3 is 1.56 bits per heavy atom. The predicted octanol–water partition coefficient (Wildman–Crippen LogP) is 9.26. The van der Waals surface area contributed by atoms with Crippen LogP contribution in [0.15, 0.2) is 119 Å². The number of benzene rings is 2. The van der Waals surface area contributed by atoms with Crippen molar-refractivity contribution in [3.05, 3.63) is 137 Å². The molecule has 416 valence electrons. The molecule has 23 heteroatoms. The number of nitrogens with one attached hydrogen (secondary N) is 3. The molecule has 2 amide bonds. The number of aromatic amines is 1. The lowest BCUT2D eigenvalue weighted by Gasteiger charge is -2.34. The molecule has 4 aliphatic rings. The van der Waals surface area contributed by atoms with Crippen molar-refractivity contribution in [3.63, 3.8) is 0 Å². The van der Waals surface area contributed by atoms with E-state index in [0.29, 0.717) is 55.6 Å². The summed E-state index contributed by atoms with van der Waals surface area (Å²) in [5, 5.41) is 11.6. The summed E-state index contributed by atoms with van der Waals surface area (Å²) >= 11 is 6.07. The Labute approximate surface area is 471 Å². The molecule has 0 unspecified atom stereocenters. The Kier molecular flexibility index (Phi) is 19.1. The lowest BCUT2D eigenvalue weighted by Crippen LogP contribution is -2.41. The fraction of sp³-hybridized carbons (Fsp3) is 0.444. The molecular formula is C54H71ClN10O8S4. The van der Waals surface area contributed by atoms with Gasteiger partial charge in [0.25, 0.3) is 31.9 Å². The number of carbonyl (C=O) groups excluding carboxylic acids is 2. The van der Waals surface area contributed by atoms with Crippen LogP contribution in [-0.4, -0.2) is 94.0 Å². The van der Waals surface area contributed by atoms with Crippen LogP contribution >= 0.6 is 38.6 Å². The van der Waals surface area contributed by atoms with Crippen molar-refractivity contribution in [1.82, 2.24) is 39.4 Å². The van der Waals surface area contributed by atoms with E-state index in [4.69, 9.17) is 26.1 Å². The van der Waals surface area contributed by atoms with Gasteiger partial charge in [-0.2, -0.15) is 37.2 Å². The van der Waals surface area contributed by atoms with Gasteiger partial charge >= 0.3 is 0 Å². The molecule has 2 aromatic carbocycles. The second-order valence-corrected chi connectivity index (χ2v) is 25.6. The third-order valence-electron chi connectivity index (χ3n) is 13.9. The van der Waals surface area contributed by atoms with E-state index in [2.05, 4.69) is 90.0 Å². The highest BCUT2D eigenvalue weighted by atomic mass is 35.5. The van der Waals surface area contributed by atoms with Crippen molar-refractivity contribution in [2.75, 3.05) is 22.9 Å². The molecule has 77 heavy (non-hydrogen) atoms. The van der Waals surface area contributed by atoms with Crippen molar-refractivity contribution in [2.45, 2.75) is 139 Å². The van der Waals surface area contributed by atoms with Crippen molar-refractivity contribution < 1.29 is 35.9 Å². The van der Waals surface area contributed by atoms with Gasteiger partial charge in [0.2, 0.25) is 0 Å². The number of rotatable bonds is 15. The zero-order valence-electron chi connectivity index (χ0n) is 44.7. The van der Waals surface area contributed by atoms with Crippen LogP contribution < -0.4 is 19.2 Å². The number of aromatic nitrogens is 6. The first-order valence-corrected chi connectivity index (χ1v) is 28.5. The first-order valence-electron chi connectivity index (χ1n) is 25.1. The smallest absolute Gasteiger partial charge is 0.268 e. The summed E-state index contributed by atoms with van der Waals surface area (Å²) in [4.78, 5) is 39.5. The summed E-state index contributed by atoms with van der Waals surface area (Å²) in [7, 11) is -8.01. The third-order valence-corrected chi connectivity index (χ3v) is 16.8. The first kappa shape index (κ1) is 60.7. The summed E-state index contributed by atoms with van der Waals surface area (Å²) in [6, 6.07) is 25.7. The number of ether oxygens (including phenoxy) is 2. The number of H-pyrrole nitrogens is 1. The maximum atomic E-state index is 13.3. The van der Waals surface area contributed by atoms with E-state index in [-0.39, 0.29) is 75.3 Å². The quantitative estimate of drug-likeness (QED) is 0.0816. The summed E-state index contributed by atoms with van der Waals surface area (Å²) in [5.41, 5.74) is 1.88. The fourth-order valence-electron chi connectivity index (χ4n) is 9.42. The average molecular weight is 1150 g/mol. The molecule has 0 spiro atoms. The molecule has 18 nitrogen and oxygen atoms in total. The number of anilines is 2. The maximum absolute atomic E-state index is 13.3. The van der Waals surface area contributed by atoms with Crippen LogP contribution in [-0.2, 0) is 42.7 Å². The van der Waals surface area contributed by atoms with Crippen LogP contribution in [0.1, 0.15) is 126 Å². The highest BCUT2D eigenvalue weighted by Gasteiger charge is 2.42. The molecule has 4 aromatic heterocycles. The van der Waals surface area contributed by atoms with Gasteiger partial charge in [-0.25, -0.2) is 40.9 Å². The third kappa shape index (κ3) is 15.4. The molecule has 6 aromatic rings. The minimum Gasteiger partial charge on any atom is -0.369 e. The molecule has 2 saturated heterocycles. The Bertz CT molecular complexity index is 3210. The molecule has 6 heterocycles. The number of amides is 2. The predicted molar refractivity (Wildman–Crippen MR) is 307 cm³/mol. The largest absolute Gasteiger partial charge is 0.369 e. The lowest BCUT2D eigenvalue weighted by atomic mass is 9.97. The molecule has 2 aliphatic carbocycles. The van der Waals surface area contributed by atoms with Crippen LogP contribution in [0, 0.1) is 11.8 Å². The van der Waals surface area contributed by atoms with Gasteiger partial charge in [-0.3, -0.25) is 14.7 Å². The normalized spacial score (nSPS) is 19.2. The molecule has 2 atom stereocenters. The monoisotopic (exact) mass is 1150 g/mol. The maximum Gasteiger partial charge on any atom is 0.268 e. The van der Waals surface area contributed by atoms with Gasteiger partial charge in [0, 0.05) is 36.6 Å². The summed E-state index contributed by atoms with van der Waals surface area (Å²) in [6.45, 7) is 19.4. The number of sulfonamides is 2. The average Bonchev–Trinajstić information content (AvgIpc) is 3.95. The Hall–Kier alpha value is -5.49. The number of pyridine rings is 2. The van der Waals surface area contributed by atoms with Gasteiger partial charge in [0.1, 0.15) is 16.8 Å². The van der Waals surface area contributed by atoms with E-state index in [9.17, 15) is 26.4 Å². The molecular weight excluding hydrogens is 1080 g/mol. The summed E-state index contributed by atoms with van der Waals surface area (Å²) < 4.78 is 68.3. The standard InChI is InChI=1S/C27H33N5O4S.C19H22ClN3O3S.C8H12N2O.2H2S/c1-19-16-26(2,3)31(17-19)24-22(25(33)30-37(34,35)21-8-6-5-7-9-21)10-11-23(28-24)32-15-12-20(29-32)18-36-27(4)13-14-27;1-13-11-19(2,3)23(12-13)17-15(9-10-16(20)21-17)18(24)22-27(25,26)14-7-5-4-6-8-14;1-8(3-4-8)11-6-7-2-5-9-10-7;;/h5-12,15,19H,13-14,16-18H2,1-4H3,(H,30,33);4-10,13H,11-12H2,1-3H3,(H,22,24);2,5H,3-4,6H2,1H3,(H,9,10);2*1H2/t19-;13-;;;/m00.../s1. The highest BCUT2D eigenvalue weighted by Crippen LogP contribution is 2.41. The van der Waals surface area contributed by atoms with Gasteiger partial charge in [0.15, 0.2) is 5.82 Å². The van der Waals surface area contributed by atoms with E-state index in [1.807, 2.05) is 23.2 Å². The van der Waals surface area contributed by atoms with Crippen molar-refractivity contribution in [3.8, 4) is 5.82 Å². The lowest BCUT2D eigenvalue weighted by molar-refractivity contribution is 0.0313. The van der Waals surface area contributed by atoms with Crippen LogP contribution in [0.4, 0.5) is 11.6 Å². The van der Waals surface area contributed by atoms with Crippen LogP contribution in [0.25, 0.3) is 5.82 Å². The number of halogens is 1. The highest BCUT2D eigenvalue weighted by molar-refractivity contribution is 7.90. The topological polar surface area (TPSA) is 224 Å². The van der Waals surface area contributed by atoms with Crippen molar-refractivity contribution >= 4 is 82.1 Å². The summed E-state index contributed by atoms with van der Waals surface area (Å²) in [5.74, 6) is 0.737. The van der Waals surface area contributed by atoms with Gasteiger partial charge in [-0.1, -0.05) is 61.8 Å². The number of hydrogen-bond acceptors (Lipinski definition) is 14. The Morgan fingerprint density at radius 1 is 0.649 bits per heavy atom. The van der Waals surface area contributed by atoms with Crippen LogP contribution in [0.2, 0.25) is 5.15 Å². The SMILES string of the molecule is CC1(OCc2ccn[nH]2)CC1.C[C@@H]1CN(c2nc(-n3ccc(COC4(C)CC4)n3)ccc2C(=O)NS(=O)(=O)c2ccccc2)C(C)(C)C1.C[C@@H]1CN(c2nc(Cl)ccc2C(=O)NS(=O)(=O)c2ccccc2)C(C)(C)C1.S.S. The van der Waals surface area contributed by atoms with E-state index < -0.39 is 31.9 Å². The zero-order valence-corrected chi connectivity index (χ0v) is 49.1. The molecule has 2 aliphatic heterocycles. The number of hydrogen-bond donors (Lipinski definition) is 3. The molecule has 0 bridgehead atoms. The number of carbonyl (C=O) groups is 2. The van der Waals surface area contributed by atoms with E-state index in [1.54, 1.807) is 59.4 Å². The minimum absolute atomic E-state index is 0. The summed E-state index contributed by atoms with van der Waals surface area (Å²) in [6.07, 6.45) is 9.93. The van der Waals surface area contributed by atoms with Gasteiger partial charge < -0.3 is 19.3 Å². The van der Waals surface area contributed by atoms with E-state index >= 15 is 0 Å². The molecule has 2 saturated carbocycles. The molecule has 10 rings (SSSR count). The second-order valence-electron chi connectivity index (χ2n) is 21.8. The Morgan fingerprint density at radius 2 is 1.12 bits per heavy atom. The van der Waals surface area contributed by atoms with Crippen molar-refractivity contribution in [1.29, 1.82) is 0 Å². The fourth-order valence-corrected chi connectivity index (χ4v) is 11.5. The first-order chi connectivity index (χ1) is 35.3. The Balaban J connectivity index is 0.000000209. The van der Waals surface area contributed by atoms with Crippen molar-refractivity contribution in [2.24, 2.45) is 11.8 Å². The zero-order chi connectivity index (χ0) is 54.0. The van der Waals surface area contributed by atoms with Crippen LogP contribution in [0.3, 0.4) is 0 Å². The molecule has 0 radical (unpaired) electrons. The molecule has 3 N–H and O–H groups in total. The van der Waals surface area contributed by atoms with Gasteiger partial charge in [0.05, 0.1) is 56.7 Å². The van der Waals surface area contributed by atoms with Crippen LogP contribution in [0.5, 0.6) is 0 Å². The van der Waals surface area contributed by atoms with E-state index in [1.165, 1.54) is 49.2 Å². The van der Waals surface area contributed by atoms with E-state index in [0.717, 1.165) is 37.1 Å². The molecule has 4 fully saturated rings. The van der Waals surface area contributed by atoms with Gasteiger partial charge in [-0.15, -0.1) is 0 Å².